The van der Waals surface area contributed by atoms with Crippen LogP contribution in [0.3, 0.4) is 0 Å². The number of hydrogen-bond acceptors (Lipinski definition) is 6. The number of phenolic OH excluding ortho intramolecular Hbond substituents is 3. The van der Waals surface area contributed by atoms with Crippen molar-refractivity contribution in [2.75, 3.05) is 7.04 Å². The van der Waals surface area contributed by atoms with Crippen molar-refractivity contribution in [3.63, 3.8) is 0 Å². The largest absolute Gasteiger partial charge is 0.508 e. The molecule has 6 nitrogen and oxygen atoms in total. The number of methoxy groups -OCH3 is 1. The lowest BCUT2D eigenvalue weighted by Gasteiger charge is -2.26. The van der Waals surface area contributed by atoms with E-state index in [1.165, 1.54) is 24.3 Å². The lowest BCUT2D eigenvalue weighted by atomic mass is 9.95. The Bertz CT molecular complexity index is 846. The number of carbonyl (C=O) groups is 1. The molecule has 0 unspecified atom stereocenters. The minimum atomic E-state index is -2.70. The molecule has 3 rings (SSSR count). The summed E-state index contributed by atoms with van der Waals surface area (Å²) in [5.74, 6) is -1.61. The molecule has 3 N–H and O–H groups in total. The number of phenols is 3. The van der Waals surface area contributed by atoms with Crippen LogP contribution >= 0.6 is 0 Å². The van der Waals surface area contributed by atoms with Gasteiger partial charge in [0.25, 0.3) is 0 Å². The average molecular weight is 306 g/mol. The maximum Gasteiger partial charge on any atom is 0.174 e. The first kappa shape index (κ1) is 10.8. The zero-order valence-electron chi connectivity index (χ0n) is 14.2. The second kappa shape index (κ2) is 5.14. The van der Waals surface area contributed by atoms with Gasteiger partial charge in [-0.15, -0.1) is 0 Å². The van der Waals surface area contributed by atoms with Gasteiger partial charge in [0.1, 0.15) is 28.9 Å². The lowest BCUT2D eigenvalue weighted by Crippen LogP contribution is -2.20. The van der Waals surface area contributed by atoms with Gasteiger partial charge in [-0.1, -0.05) is 6.07 Å². The van der Waals surface area contributed by atoms with Crippen molar-refractivity contribution in [3.8, 4) is 28.7 Å². The minimum absolute atomic E-state index is 0.0133. The Balaban J connectivity index is 1.91. The Morgan fingerprint density at radius 2 is 2.05 bits per heavy atom. The Morgan fingerprint density at radius 3 is 2.77 bits per heavy atom. The molecule has 114 valence electrons. The van der Waals surface area contributed by atoms with Crippen molar-refractivity contribution >= 4 is 5.78 Å². The number of ether oxygens (including phenoxy) is 2. The highest BCUT2D eigenvalue weighted by atomic mass is 16.5. The van der Waals surface area contributed by atoms with Crippen LogP contribution in [0.4, 0.5) is 0 Å². The van der Waals surface area contributed by atoms with Gasteiger partial charge in [-0.25, -0.2) is 0 Å². The summed E-state index contributed by atoms with van der Waals surface area (Å²) in [5, 5.41) is 29.3. The van der Waals surface area contributed by atoms with Crippen molar-refractivity contribution in [2.24, 2.45) is 0 Å². The molecular weight excluding hydrogens is 289 g/mol. The van der Waals surface area contributed by atoms with Gasteiger partial charge < -0.3 is 24.8 Å². The molecule has 0 aromatic heterocycles. The predicted molar refractivity (Wildman–Crippen MR) is 76.7 cm³/mol. The smallest absolute Gasteiger partial charge is 0.174 e. The molecule has 0 saturated carbocycles. The van der Waals surface area contributed by atoms with Crippen LogP contribution in [0.15, 0.2) is 30.3 Å². The van der Waals surface area contributed by atoms with E-state index in [4.69, 9.17) is 8.85 Å². The topological polar surface area (TPSA) is 96.2 Å². The van der Waals surface area contributed by atoms with Crippen molar-refractivity contribution in [2.45, 2.75) is 12.5 Å². The predicted octanol–water partition coefficient (Wildman–Crippen LogP) is 2.52. The Hall–Kier alpha value is -2.89. The number of ketones is 1. The van der Waals surface area contributed by atoms with E-state index in [2.05, 4.69) is 4.74 Å². The minimum Gasteiger partial charge on any atom is -0.508 e. The molecule has 0 bridgehead atoms. The van der Waals surface area contributed by atoms with Gasteiger partial charge in [0.05, 0.1) is 17.6 Å². The zero-order valence-corrected chi connectivity index (χ0v) is 11.2. The summed E-state index contributed by atoms with van der Waals surface area (Å²) in [6.07, 6.45) is -0.863. The van der Waals surface area contributed by atoms with Gasteiger partial charge >= 0.3 is 0 Å². The molecule has 0 aliphatic carbocycles. The third kappa shape index (κ3) is 2.28. The summed E-state index contributed by atoms with van der Waals surface area (Å²) >= 11 is 0. The van der Waals surface area contributed by atoms with Crippen LogP contribution in [-0.2, 0) is 0 Å². The van der Waals surface area contributed by atoms with Gasteiger partial charge in [-0.05, 0) is 17.7 Å². The highest BCUT2D eigenvalue weighted by molar-refractivity contribution is 6.02. The molecule has 2 aromatic carbocycles. The van der Waals surface area contributed by atoms with E-state index in [1.807, 2.05) is 0 Å². The Morgan fingerprint density at radius 1 is 1.23 bits per heavy atom. The molecule has 1 atom stereocenters. The number of benzene rings is 2. The van der Waals surface area contributed by atoms with Crippen LogP contribution in [0.2, 0.25) is 0 Å². The summed E-state index contributed by atoms with van der Waals surface area (Å²) in [4.78, 5) is 12.3. The van der Waals surface area contributed by atoms with Gasteiger partial charge in [-0.2, -0.15) is 0 Å². The fourth-order valence-corrected chi connectivity index (χ4v) is 2.43. The fourth-order valence-electron chi connectivity index (χ4n) is 2.43. The summed E-state index contributed by atoms with van der Waals surface area (Å²) in [7, 11) is -2.70. The number of carbonyl (C=O) groups excluding carboxylic acids is 1. The summed E-state index contributed by atoms with van der Waals surface area (Å²) in [5.41, 5.74) is 0.401. The highest BCUT2D eigenvalue weighted by Crippen LogP contribution is 2.42. The molecule has 1 heterocycles. The van der Waals surface area contributed by atoms with Gasteiger partial charge in [0.2, 0.25) is 0 Å². The van der Waals surface area contributed by atoms with Crippen LogP contribution in [-0.4, -0.2) is 28.1 Å². The van der Waals surface area contributed by atoms with E-state index in [0.29, 0.717) is 5.56 Å². The van der Waals surface area contributed by atoms with Crippen LogP contribution in [0.5, 0.6) is 28.7 Å². The quantitative estimate of drug-likeness (QED) is 0.738. The monoisotopic (exact) mass is 306 g/mol. The van der Waals surface area contributed by atoms with E-state index in [1.54, 1.807) is 0 Å². The van der Waals surface area contributed by atoms with Crippen molar-refractivity contribution in [1.29, 1.82) is 0 Å². The molecule has 0 amide bonds. The Kier molecular flexibility index (Phi) is 2.52. The molecule has 1 aliphatic heterocycles. The van der Waals surface area contributed by atoms with Crippen LogP contribution in [0, 0.1) is 0 Å². The van der Waals surface area contributed by atoms with E-state index in [-0.39, 0.29) is 40.8 Å². The van der Waals surface area contributed by atoms with Crippen LogP contribution < -0.4 is 9.47 Å². The average Bonchev–Trinajstić information content (AvgIpc) is 2.46. The molecule has 22 heavy (non-hydrogen) atoms. The number of Topliss-reactive ketones (excluding diaryl/α,β-unsaturated/α-hetero) is 1. The van der Waals surface area contributed by atoms with Crippen molar-refractivity contribution in [1.82, 2.24) is 0 Å². The molecule has 0 radical (unpaired) electrons. The Labute approximate surface area is 130 Å². The number of fused-ring (bicyclic) bond motifs is 1. The molecule has 0 saturated heterocycles. The van der Waals surface area contributed by atoms with Crippen molar-refractivity contribution < 1.29 is 33.7 Å². The summed E-state index contributed by atoms with van der Waals surface area (Å²) in [6, 6.07) is 6.23. The number of aromatic hydroxyl groups is 3. The molecule has 1 aliphatic rings. The van der Waals surface area contributed by atoms with Gasteiger partial charge in [-0.3, -0.25) is 4.79 Å². The summed E-state index contributed by atoms with van der Waals surface area (Å²) in [6.45, 7) is 0. The van der Waals surface area contributed by atoms with E-state index in [9.17, 15) is 20.1 Å². The molecule has 0 spiro atoms. The number of rotatable bonds is 2. The third-order valence-corrected chi connectivity index (χ3v) is 3.45. The second-order valence-electron chi connectivity index (χ2n) is 4.90. The first-order valence-electron chi connectivity index (χ1n) is 7.92. The molecule has 6 heteroatoms. The zero-order chi connectivity index (χ0) is 18.4. The molecular formula is C16H14O6. The van der Waals surface area contributed by atoms with Crippen LogP contribution in [0.25, 0.3) is 0 Å². The fraction of sp³-hybridized carbons (Fsp3) is 0.188. The standard InChI is InChI=1S/C16H14O6/c1-21-13-3-2-8(4-10(13)18)14-7-12(20)16-11(19)5-9(17)6-15(16)22-14/h2-6,14,17-19H,7H2,1H3/t14-/m0/s1/i1+1D3. The maximum atomic E-state index is 12.3. The van der Waals surface area contributed by atoms with E-state index >= 15 is 0 Å². The highest BCUT2D eigenvalue weighted by Gasteiger charge is 2.31. The van der Waals surface area contributed by atoms with Crippen molar-refractivity contribution in [3.05, 3.63) is 41.5 Å². The first-order chi connectivity index (χ1) is 11.6. The second-order valence-corrected chi connectivity index (χ2v) is 4.90. The van der Waals surface area contributed by atoms with E-state index < -0.39 is 18.9 Å². The molecule has 0 fully saturated rings. The third-order valence-electron chi connectivity index (χ3n) is 3.45. The van der Waals surface area contributed by atoms with Gasteiger partial charge in [0.15, 0.2) is 17.3 Å². The SMILES string of the molecule is [2H][13C]([2H])([2H])Oc1ccc([C@@H]2CC(=O)c3c(O)cc(O)cc3O2)cc1O. The maximum absolute atomic E-state index is 12.3. The number of hydrogen-bond donors (Lipinski definition) is 3. The normalized spacial score (nSPS) is 19.4. The summed E-state index contributed by atoms with van der Waals surface area (Å²) < 4.78 is 31.4. The van der Waals surface area contributed by atoms with Crippen LogP contribution in [0.1, 0.15) is 32.6 Å². The molecule has 2 aromatic rings. The lowest BCUT2D eigenvalue weighted by molar-refractivity contribution is 0.0844. The first-order valence-corrected chi connectivity index (χ1v) is 6.42. The van der Waals surface area contributed by atoms with Gasteiger partial charge in [0, 0.05) is 12.1 Å². The van der Waals surface area contributed by atoms with E-state index in [0.717, 1.165) is 6.07 Å².